The van der Waals surface area contributed by atoms with Gasteiger partial charge in [0, 0.05) is 10.3 Å². The van der Waals surface area contributed by atoms with Crippen molar-refractivity contribution in [2.45, 2.75) is 13.8 Å². The molecule has 0 amide bonds. The minimum absolute atomic E-state index is 0.345. The second-order valence-electron chi connectivity index (χ2n) is 3.87. The third kappa shape index (κ3) is 2.59. The van der Waals surface area contributed by atoms with Gasteiger partial charge in [-0.1, -0.05) is 0 Å². The number of hydrogen-bond acceptors (Lipinski definition) is 6. The van der Waals surface area contributed by atoms with Crippen LogP contribution in [0.2, 0.25) is 0 Å². The number of methoxy groups -OCH3 is 1. The minimum Gasteiger partial charge on any atom is -0.496 e. The Balaban J connectivity index is 2.42. The summed E-state index contributed by atoms with van der Waals surface area (Å²) < 4.78 is 10.2. The summed E-state index contributed by atoms with van der Waals surface area (Å²) in [5, 5.41) is 1.93. The molecule has 0 aliphatic rings. The first-order valence-corrected chi connectivity index (χ1v) is 7.47. The molecule has 2 heterocycles. The lowest BCUT2D eigenvalue weighted by Gasteiger charge is -1.99. The van der Waals surface area contributed by atoms with Crippen LogP contribution in [0, 0.1) is 6.92 Å². The maximum absolute atomic E-state index is 11.8. The Morgan fingerprint density at radius 1 is 1.47 bits per heavy atom. The molecule has 0 fully saturated rings. The zero-order chi connectivity index (χ0) is 14.0. The van der Waals surface area contributed by atoms with Crippen molar-refractivity contribution in [3.63, 3.8) is 0 Å². The molecule has 2 N–H and O–H groups in total. The molecule has 2 aromatic heterocycles. The Bertz CT molecular complexity index is 601. The minimum atomic E-state index is -0.358. The summed E-state index contributed by atoms with van der Waals surface area (Å²) in [5.74, 6) is 0.451. The standard InChI is InChI=1S/C13H15NO3S2/c1-4-17-13(15)12-10(14)7(2)11(19-12)9-5-8(16-3)6-18-9/h5-6H,4,14H2,1-3H3. The van der Waals surface area contributed by atoms with E-state index in [4.69, 9.17) is 15.2 Å². The van der Waals surface area contributed by atoms with Gasteiger partial charge in [-0.25, -0.2) is 4.79 Å². The molecule has 0 atom stereocenters. The van der Waals surface area contributed by atoms with E-state index in [9.17, 15) is 4.79 Å². The number of esters is 1. The molecule has 0 aromatic carbocycles. The molecule has 0 saturated carbocycles. The summed E-state index contributed by atoms with van der Waals surface area (Å²) in [5.41, 5.74) is 7.41. The van der Waals surface area contributed by atoms with Crippen LogP contribution >= 0.6 is 22.7 Å². The fourth-order valence-electron chi connectivity index (χ4n) is 1.65. The molecule has 0 spiro atoms. The zero-order valence-electron chi connectivity index (χ0n) is 11.0. The average Bonchev–Trinajstić information content (AvgIpc) is 2.97. The Hall–Kier alpha value is -1.53. The topological polar surface area (TPSA) is 61.5 Å². The molecule has 2 aromatic rings. The van der Waals surface area contributed by atoms with Crippen molar-refractivity contribution in [1.29, 1.82) is 0 Å². The first-order valence-electron chi connectivity index (χ1n) is 5.77. The smallest absolute Gasteiger partial charge is 0.350 e. The number of anilines is 1. The van der Waals surface area contributed by atoms with E-state index >= 15 is 0 Å². The van der Waals surface area contributed by atoms with Gasteiger partial charge in [-0.15, -0.1) is 22.7 Å². The van der Waals surface area contributed by atoms with E-state index in [1.54, 1.807) is 25.4 Å². The van der Waals surface area contributed by atoms with Gasteiger partial charge in [0.25, 0.3) is 0 Å². The lowest BCUT2D eigenvalue weighted by Crippen LogP contribution is -2.05. The van der Waals surface area contributed by atoms with Gasteiger partial charge in [0.15, 0.2) is 0 Å². The quantitative estimate of drug-likeness (QED) is 0.877. The van der Waals surface area contributed by atoms with E-state index in [1.165, 1.54) is 11.3 Å². The molecule has 6 heteroatoms. The van der Waals surface area contributed by atoms with E-state index in [0.29, 0.717) is 17.2 Å². The predicted molar refractivity (Wildman–Crippen MR) is 79.3 cm³/mol. The van der Waals surface area contributed by atoms with E-state index in [0.717, 1.165) is 21.1 Å². The molecule has 4 nitrogen and oxygen atoms in total. The van der Waals surface area contributed by atoms with Crippen LogP contribution < -0.4 is 10.5 Å². The number of carbonyl (C=O) groups is 1. The van der Waals surface area contributed by atoms with Gasteiger partial charge in [0.05, 0.1) is 24.3 Å². The molecule has 0 unspecified atom stereocenters. The Kier molecular flexibility index (Phi) is 4.11. The van der Waals surface area contributed by atoms with E-state index in [2.05, 4.69) is 0 Å². The molecular weight excluding hydrogens is 282 g/mol. The van der Waals surface area contributed by atoms with Crippen molar-refractivity contribution in [3.05, 3.63) is 21.9 Å². The van der Waals surface area contributed by atoms with Crippen molar-refractivity contribution in [1.82, 2.24) is 0 Å². The number of thiophene rings is 2. The zero-order valence-corrected chi connectivity index (χ0v) is 12.6. The van der Waals surface area contributed by atoms with Crippen LogP contribution in [-0.4, -0.2) is 19.7 Å². The number of rotatable bonds is 4. The van der Waals surface area contributed by atoms with E-state index in [-0.39, 0.29) is 5.97 Å². The molecule has 0 aliphatic carbocycles. The predicted octanol–water partition coefficient (Wildman–Crippen LogP) is 3.55. The largest absolute Gasteiger partial charge is 0.496 e. The maximum Gasteiger partial charge on any atom is 0.350 e. The normalized spacial score (nSPS) is 10.5. The fourth-order valence-corrected chi connectivity index (χ4v) is 3.81. The van der Waals surface area contributed by atoms with Gasteiger partial charge in [0.2, 0.25) is 0 Å². The highest BCUT2D eigenvalue weighted by Crippen LogP contribution is 2.42. The number of nitrogen functional groups attached to an aromatic ring is 1. The third-order valence-electron chi connectivity index (χ3n) is 2.69. The number of nitrogens with two attached hydrogens (primary N) is 1. The Labute approximate surface area is 119 Å². The second kappa shape index (κ2) is 5.63. The lowest BCUT2D eigenvalue weighted by molar-refractivity contribution is 0.0533. The number of carbonyl (C=O) groups excluding carboxylic acids is 1. The van der Waals surface area contributed by atoms with Crippen LogP contribution in [0.25, 0.3) is 9.75 Å². The van der Waals surface area contributed by atoms with Crippen molar-refractivity contribution < 1.29 is 14.3 Å². The van der Waals surface area contributed by atoms with Gasteiger partial charge in [-0.05, 0) is 25.5 Å². The molecule has 0 saturated heterocycles. The molecule has 2 rings (SSSR count). The van der Waals surface area contributed by atoms with Crippen molar-refractivity contribution in [2.24, 2.45) is 0 Å². The molecule has 0 radical (unpaired) electrons. The maximum atomic E-state index is 11.8. The van der Waals surface area contributed by atoms with E-state index in [1.807, 2.05) is 18.4 Å². The number of hydrogen-bond donors (Lipinski definition) is 1. The highest BCUT2D eigenvalue weighted by atomic mass is 32.1. The van der Waals surface area contributed by atoms with Crippen LogP contribution in [-0.2, 0) is 4.74 Å². The molecule has 0 bridgehead atoms. The van der Waals surface area contributed by atoms with Crippen LogP contribution in [0.4, 0.5) is 5.69 Å². The second-order valence-corrected chi connectivity index (χ2v) is 5.80. The van der Waals surface area contributed by atoms with Gasteiger partial charge in [0.1, 0.15) is 10.6 Å². The molecular formula is C13H15NO3S2. The van der Waals surface area contributed by atoms with Crippen molar-refractivity contribution >= 4 is 34.3 Å². The van der Waals surface area contributed by atoms with Gasteiger partial charge in [-0.2, -0.15) is 0 Å². The van der Waals surface area contributed by atoms with Crippen LogP contribution in [0.3, 0.4) is 0 Å². The van der Waals surface area contributed by atoms with Crippen LogP contribution in [0.15, 0.2) is 11.4 Å². The third-order valence-corrected chi connectivity index (χ3v) is 5.07. The summed E-state index contributed by atoms with van der Waals surface area (Å²) in [6.07, 6.45) is 0. The SMILES string of the molecule is CCOC(=O)c1sc(-c2cc(OC)cs2)c(C)c1N. The van der Waals surface area contributed by atoms with Gasteiger partial charge < -0.3 is 15.2 Å². The van der Waals surface area contributed by atoms with Gasteiger partial charge in [-0.3, -0.25) is 0 Å². The monoisotopic (exact) mass is 297 g/mol. The van der Waals surface area contributed by atoms with Crippen LogP contribution in [0.1, 0.15) is 22.2 Å². The van der Waals surface area contributed by atoms with Gasteiger partial charge >= 0.3 is 5.97 Å². The van der Waals surface area contributed by atoms with Crippen molar-refractivity contribution in [3.8, 4) is 15.5 Å². The Morgan fingerprint density at radius 2 is 2.21 bits per heavy atom. The number of ether oxygens (including phenoxy) is 2. The lowest BCUT2D eigenvalue weighted by atomic mass is 10.2. The van der Waals surface area contributed by atoms with Crippen LogP contribution in [0.5, 0.6) is 5.75 Å². The average molecular weight is 297 g/mol. The Morgan fingerprint density at radius 3 is 2.79 bits per heavy atom. The summed E-state index contributed by atoms with van der Waals surface area (Å²) in [6, 6.07) is 1.94. The fraction of sp³-hybridized carbons (Fsp3) is 0.308. The highest BCUT2D eigenvalue weighted by molar-refractivity contribution is 7.23. The van der Waals surface area contributed by atoms with Crippen molar-refractivity contribution in [2.75, 3.05) is 19.5 Å². The molecule has 0 aliphatic heterocycles. The first-order chi connectivity index (χ1) is 9.08. The van der Waals surface area contributed by atoms with E-state index < -0.39 is 0 Å². The molecule has 19 heavy (non-hydrogen) atoms. The summed E-state index contributed by atoms with van der Waals surface area (Å²) in [4.78, 5) is 14.3. The summed E-state index contributed by atoms with van der Waals surface area (Å²) in [7, 11) is 1.63. The molecule has 102 valence electrons. The first kappa shape index (κ1) is 13.9. The highest BCUT2D eigenvalue weighted by Gasteiger charge is 2.21. The summed E-state index contributed by atoms with van der Waals surface area (Å²) in [6.45, 7) is 4.03. The summed E-state index contributed by atoms with van der Waals surface area (Å²) >= 11 is 2.93.